The first-order valence-corrected chi connectivity index (χ1v) is 10.0. The minimum atomic E-state index is -0.812. The van der Waals surface area contributed by atoms with Gasteiger partial charge in [-0.1, -0.05) is 29.8 Å². The third-order valence-corrected chi connectivity index (χ3v) is 4.37. The van der Waals surface area contributed by atoms with Gasteiger partial charge in [0.05, 0.1) is 24.6 Å². The Morgan fingerprint density at radius 1 is 1.14 bits per heavy atom. The Bertz CT molecular complexity index is 975. The van der Waals surface area contributed by atoms with Crippen LogP contribution in [0.4, 0.5) is 4.79 Å². The van der Waals surface area contributed by atoms with E-state index in [2.05, 4.69) is 5.10 Å². The summed E-state index contributed by atoms with van der Waals surface area (Å²) in [6.07, 6.45) is -0.0584. The Morgan fingerprint density at radius 3 is 2.72 bits per heavy atom. The number of aromatic nitrogens is 2. The zero-order chi connectivity index (χ0) is 20.6. The maximum atomic E-state index is 11.7. The van der Waals surface area contributed by atoms with Crippen LogP contribution in [0.3, 0.4) is 0 Å². The van der Waals surface area contributed by atoms with E-state index in [4.69, 9.17) is 37.4 Å². The molecule has 29 heavy (non-hydrogen) atoms. The molecule has 0 spiro atoms. The number of rotatable bonds is 8. The number of benzene rings is 2. The lowest BCUT2D eigenvalue weighted by Gasteiger charge is -2.10. The van der Waals surface area contributed by atoms with Gasteiger partial charge in [0, 0.05) is 22.5 Å². The molecule has 8 heteroatoms. The molecule has 3 aromatic rings. The van der Waals surface area contributed by atoms with Gasteiger partial charge in [0.2, 0.25) is 5.88 Å². The van der Waals surface area contributed by atoms with Gasteiger partial charge in [-0.2, -0.15) is 0 Å². The van der Waals surface area contributed by atoms with E-state index in [1.807, 2.05) is 36.4 Å². The third kappa shape index (κ3) is 5.65. The van der Waals surface area contributed by atoms with Gasteiger partial charge >= 0.3 is 6.16 Å². The van der Waals surface area contributed by atoms with Crippen molar-refractivity contribution in [2.75, 3.05) is 19.1 Å². The van der Waals surface area contributed by atoms with E-state index in [9.17, 15) is 4.79 Å². The molecule has 0 aliphatic heterocycles. The Hall–Kier alpha value is -2.70. The number of alkyl halides is 1. The number of carbonyl (C=O) groups is 1. The highest BCUT2D eigenvalue weighted by atomic mass is 35.5. The molecular weight excluding hydrogens is 415 g/mol. The number of ether oxygens (including phenoxy) is 3. The van der Waals surface area contributed by atoms with E-state index >= 15 is 0 Å². The zero-order valence-corrected chi connectivity index (χ0v) is 17.3. The number of hydrogen-bond acceptors (Lipinski definition) is 5. The van der Waals surface area contributed by atoms with E-state index < -0.39 is 6.16 Å². The first-order chi connectivity index (χ1) is 14.1. The van der Waals surface area contributed by atoms with Gasteiger partial charge in [0.15, 0.2) is 0 Å². The molecule has 0 saturated heterocycles. The van der Waals surface area contributed by atoms with Crippen LogP contribution in [0, 0.1) is 0 Å². The zero-order valence-electron chi connectivity index (χ0n) is 15.8. The van der Waals surface area contributed by atoms with Gasteiger partial charge in [-0.3, -0.25) is 0 Å². The molecule has 0 aliphatic carbocycles. The first-order valence-electron chi connectivity index (χ1n) is 9.10. The van der Waals surface area contributed by atoms with Gasteiger partial charge in [-0.05, 0) is 43.7 Å². The molecule has 0 bridgehead atoms. The molecule has 1 heterocycles. The Labute approximate surface area is 178 Å². The van der Waals surface area contributed by atoms with Gasteiger partial charge in [-0.15, -0.1) is 16.7 Å². The summed E-state index contributed by atoms with van der Waals surface area (Å²) in [5, 5.41) is 4.97. The van der Waals surface area contributed by atoms with Gasteiger partial charge in [0.25, 0.3) is 0 Å². The predicted octanol–water partition coefficient (Wildman–Crippen LogP) is 5.74. The van der Waals surface area contributed by atoms with E-state index in [0.717, 1.165) is 17.7 Å². The Kier molecular flexibility index (Phi) is 7.38. The largest absolute Gasteiger partial charge is 0.515 e. The van der Waals surface area contributed by atoms with Crippen molar-refractivity contribution < 1.29 is 19.0 Å². The van der Waals surface area contributed by atoms with Crippen LogP contribution in [-0.2, 0) is 4.74 Å². The van der Waals surface area contributed by atoms with E-state index in [1.54, 1.807) is 29.8 Å². The molecule has 2 aromatic carbocycles. The monoisotopic (exact) mass is 434 g/mol. The molecule has 3 rings (SSSR count). The van der Waals surface area contributed by atoms with Crippen LogP contribution in [0.5, 0.6) is 11.6 Å². The number of carbonyl (C=O) groups excluding carboxylic acids is 1. The SMILES string of the molecule is CCOC(=O)Oc1cc(-c2cccc(OCCCCl)c2)n(-c2cccc(Cl)c2)n1. The van der Waals surface area contributed by atoms with Crippen LogP contribution >= 0.6 is 23.2 Å². The molecule has 0 aliphatic rings. The van der Waals surface area contributed by atoms with Crippen molar-refractivity contribution in [3.8, 4) is 28.6 Å². The summed E-state index contributed by atoms with van der Waals surface area (Å²) in [5.41, 5.74) is 2.26. The molecule has 1 aromatic heterocycles. The van der Waals surface area contributed by atoms with E-state index in [0.29, 0.717) is 29.0 Å². The topological polar surface area (TPSA) is 62.6 Å². The molecule has 6 nitrogen and oxygen atoms in total. The van der Waals surface area contributed by atoms with Crippen LogP contribution in [0.1, 0.15) is 13.3 Å². The van der Waals surface area contributed by atoms with Crippen LogP contribution in [0.2, 0.25) is 5.02 Å². The van der Waals surface area contributed by atoms with Crippen molar-refractivity contribution in [1.82, 2.24) is 9.78 Å². The highest BCUT2D eigenvalue weighted by Gasteiger charge is 2.16. The number of halogens is 2. The second-order valence-corrected chi connectivity index (χ2v) is 6.78. The summed E-state index contributed by atoms with van der Waals surface area (Å²) < 4.78 is 17.4. The third-order valence-electron chi connectivity index (χ3n) is 3.87. The summed E-state index contributed by atoms with van der Waals surface area (Å²) >= 11 is 11.9. The maximum absolute atomic E-state index is 11.7. The average Bonchev–Trinajstić information content (AvgIpc) is 3.12. The molecule has 0 fully saturated rings. The molecule has 0 N–H and O–H groups in total. The molecule has 0 unspecified atom stereocenters. The lowest BCUT2D eigenvalue weighted by atomic mass is 10.1. The highest BCUT2D eigenvalue weighted by molar-refractivity contribution is 6.30. The van der Waals surface area contributed by atoms with Crippen LogP contribution in [-0.4, -0.2) is 35.0 Å². The van der Waals surface area contributed by atoms with Crippen LogP contribution in [0.15, 0.2) is 54.6 Å². The fourth-order valence-electron chi connectivity index (χ4n) is 2.64. The standard InChI is InChI=1S/C21H20Cl2N2O4/c1-2-27-21(26)29-20-14-19(25(24-20)17-8-4-7-16(23)13-17)15-6-3-9-18(12-15)28-11-5-10-22/h3-4,6-9,12-14H,2,5,10-11H2,1H3. The number of nitrogens with zero attached hydrogens (tertiary/aromatic N) is 2. The second kappa shape index (κ2) is 10.2. The van der Waals surface area contributed by atoms with Crippen molar-refractivity contribution in [3.05, 3.63) is 59.6 Å². The molecule has 152 valence electrons. The van der Waals surface area contributed by atoms with Crippen LogP contribution < -0.4 is 9.47 Å². The first kappa shape index (κ1) is 21.0. The summed E-state index contributed by atoms with van der Waals surface area (Å²) in [7, 11) is 0. The molecule has 0 saturated carbocycles. The molecule has 0 atom stereocenters. The van der Waals surface area contributed by atoms with E-state index in [-0.39, 0.29) is 12.5 Å². The maximum Gasteiger partial charge on any atom is 0.515 e. The predicted molar refractivity (Wildman–Crippen MR) is 112 cm³/mol. The minimum Gasteiger partial charge on any atom is -0.494 e. The lowest BCUT2D eigenvalue weighted by Crippen LogP contribution is -2.10. The highest BCUT2D eigenvalue weighted by Crippen LogP contribution is 2.30. The fourth-order valence-corrected chi connectivity index (χ4v) is 2.94. The van der Waals surface area contributed by atoms with Crippen molar-refractivity contribution >= 4 is 29.4 Å². The molecule has 0 amide bonds. The van der Waals surface area contributed by atoms with Crippen LogP contribution in [0.25, 0.3) is 16.9 Å². The summed E-state index contributed by atoms with van der Waals surface area (Å²) in [6.45, 7) is 2.44. The quantitative estimate of drug-likeness (QED) is 0.257. The van der Waals surface area contributed by atoms with Crippen molar-refractivity contribution in [2.45, 2.75) is 13.3 Å². The number of hydrogen-bond donors (Lipinski definition) is 0. The fraction of sp³-hybridized carbons (Fsp3) is 0.238. The van der Waals surface area contributed by atoms with Gasteiger partial charge in [0.1, 0.15) is 5.75 Å². The van der Waals surface area contributed by atoms with Gasteiger partial charge in [-0.25, -0.2) is 9.48 Å². The molecular formula is C21H20Cl2N2O4. The minimum absolute atomic E-state index is 0.117. The Morgan fingerprint density at radius 2 is 1.97 bits per heavy atom. The summed E-state index contributed by atoms with van der Waals surface area (Å²) in [6, 6.07) is 16.4. The average molecular weight is 435 g/mol. The lowest BCUT2D eigenvalue weighted by molar-refractivity contribution is 0.102. The van der Waals surface area contributed by atoms with Crippen molar-refractivity contribution in [2.24, 2.45) is 0 Å². The van der Waals surface area contributed by atoms with Gasteiger partial charge < -0.3 is 14.2 Å². The van der Waals surface area contributed by atoms with Crippen molar-refractivity contribution in [1.29, 1.82) is 0 Å². The van der Waals surface area contributed by atoms with Crippen molar-refractivity contribution in [3.63, 3.8) is 0 Å². The summed E-state index contributed by atoms with van der Waals surface area (Å²) in [4.78, 5) is 11.7. The molecule has 0 radical (unpaired) electrons. The second-order valence-electron chi connectivity index (χ2n) is 5.96. The normalized spacial score (nSPS) is 10.6. The van der Waals surface area contributed by atoms with E-state index in [1.165, 1.54) is 0 Å². The Balaban J connectivity index is 1.98. The summed E-state index contributed by atoms with van der Waals surface area (Å²) in [5.74, 6) is 1.36. The smallest absolute Gasteiger partial charge is 0.494 e.